The van der Waals surface area contributed by atoms with Crippen LogP contribution in [0.5, 0.6) is 0 Å². The van der Waals surface area contributed by atoms with Crippen molar-refractivity contribution in [1.82, 2.24) is 9.88 Å². The van der Waals surface area contributed by atoms with E-state index in [0.29, 0.717) is 13.0 Å². The number of fused-ring (bicyclic) bond motifs is 1. The van der Waals surface area contributed by atoms with Crippen molar-refractivity contribution in [3.63, 3.8) is 0 Å². The number of carbonyl (C=O) groups excluding carboxylic acids is 2. The summed E-state index contributed by atoms with van der Waals surface area (Å²) in [6.45, 7) is 0.402. The Balaban J connectivity index is 1.86. The molecular formula is C15H14N2O4S. The first-order valence-electron chi connectivity index (χ1n) is 6.84. The number of carboxylic acid groups (broad SMARTS) is 1. The maximum absolute atomic E-state index is 11.7. The largest absolute Gasteiger partial charge is 0.481 e. The minimum atomic E-state index is -0.837. The predicted octanol–water partition coefficient (Wildman–Crippen LogP) is 2.01. The van der Waals surface area contributed by atoms with Crippen LogP contribution in [0, 0.1) is 0 Å². The van der Waals surface area contributed by atoms with Crippen molar-refractivity contribution < 1.29 is 19.5 Å². The topological polar surface area (TPSA) is 88.4 Å². The van der Waals surface area contributed by atoms with E-state index >= 15 is 0 Å². The molecule has 1 unspecified atom stereocenters. The Labute approximate surface area is 130 Å². The van der Waals surface area contributed by atoms with Gasteiger partial charge >= 0.3 is 5.97 Å². The van der Waals surface area contributed by atoms with Crippen LogP contribution in [0.4, 0.5) is 4.79 Å². The van der Waals surface area contributed by atoms with Crippen LogP contribution in [0.1, 0.15) is 12.0 Å². The second kappa shape index (κ2) is 5.84. The Kier molecular flexibility index (Phi) is 3.89. The van der Waals surface area contributed by atoms with Crippen LogP contribution in [0.15, 0.2) is 30.5 Å². The maximum atomic E-state index is 11.7. The number of aromatic nitrogens is 1. The number of amides is 2. The first-order chi connectivity index (χ1) is 10.5. The summed E-state index contributed by atoms with van der Waals surface area (Å²) in [6, 6.07) is 7.66. The molecule has 0 aliphatic carbocycles. The number of hydrogen-bond donors (Lipinski definition) is 2. The second-order valence-corrected chi connectivity index (χ2v) is 6.27. The smallest absolute Gasteiger partial charge is 0.305 e. The van der Waals surface area contributed by atoms with Crippen molar-refractivity contribution in [3.05, 3.63) is 36.0 Å². The van der Waals surface area contributed by atoms with E-state index in [1.807, 2.05) is 35.0 Å². The van der Waals surface area contributed by atoms with Crippen molar-refractivity contribution in [2.24, 2.45) is 0 Å². The van der Waals surface area contributed by atoms with Crippen LogP contribution in [0.3, 0.4) is 0 Å². The third kappa shape index (κ3) is 2.85. The van der Waals surface area contributed by atoms with Gasteiger partial charge in [0.2, 0.25) is 5.91 Å². The molecule has 2 amide bonds. The molecule has 0 saturated carbocycles. The van der Waals surface area contributed by atoms with E-state index in [2.05, 4.69) is 5.32 Å². The molecule has 1 aliphatic rings. The zero-order chi connectivity index (χ0) is 15.7. The zero-order valence-corrected chi connectivity index (χ0v) is 12.4. The molecule has 0 bridgehead atoms. The first kappa shape index (κ1) is 14.6. The highest BCUT2D eigenvalue weighted by molar-refractivity contribution is 8.15. The molecule has 2 heterocycles. The molecule has 3 rings (SSSR count). The van der Waals surface area contributed by atoms with Crippen LogP contribution in [0.2, 0.25) is 0 Å². The van der Waals surface area contributed by atoms with Gasteiger partial charge in [0.1, 0.15) is 0 Å². The van der Waals surface area contributed by atoms with E-state index in [1.165, 1.54) is 0 Å². The minimum absolute atomic E-state index is 0.0589. The third-order valence-corrected chi connectivity index (χ3v) is 4.62. The molecule has 1 aromatic heterocycles. The van der Waals surface area contributed by atoms with Crippen molar-refractivity contribution in [1.29, 1.82) is 0 Å². The summed E-state index contributed by atoms with van der Waals surface area (Å²) in [5.74, 6) is -1.09. The summed E-state index contributed by atoms with van der Waals surface area (Å²) < 4.78 is 1.89. The molecule has 0 radical (unpaired) electrons. The summed E-state index contributed by atoms with van der Waals surface area (Å²) in [6.07, 6.45) is 2.38. The van der Waals surface area contributed by atoms with Gasteiger partial charge in [0.05, 0.1) is 11.7 Å². The SMILES string of the molecule is O=C(O)CCn1ccc2c(CC3SC(=O)NC3=O)cccc21. The number of aryl methyl sites for hydroxylation is 1. The fraction of sp³-hybridized carbons (Fsp3) is 0.267. The van der Waals surface area contributed by atoms with E-state index in [0.717, 1.165) is 28.2 Å². The molecule has 0 spiro atoms. The fourth-order valence-electron chi connectivity index (χ4n) is 2.60. The predicted molar refractivity (Wildman–Crippen MR) is 82.8 cm³/mol. The Morgan fingerprint density at radius 2 is 2.14 bits per heavy atom. The number of aliphatic carboxylic acids is 1. The van der Waals surface area contributed by atoms with Gasteiger partial charge < -0.3 is 9.67 Å². The molecule has 2 aromatic rings. The van der Waals surface area contributed by atoms with Crippen molar-refractivity contribution in [2.45, 2.75) is 24.6 Å². The molecule has 7 heteroatoms. The van der Waals surface area contributed by atoms with E-state index in [1.54, 1.807) is 0 Å². The summed E-state index contributed by atoms with van der Waals surface area (Å²) in [5, 5.41) is 11.4. The lowest BCUT2D eigenvalue weighted by Gasteiger charge is -2.08. The molecule has 1 saturated heterocycles. The molecule has 6 nitrogen and oxygen atoms in total. The standard InChI is InChI=1S/C15H14N2O4S/c18-13(19)5-7-17-6-4-10-9(2-1-3-11(10)17)8-12-14(20)16-15(21)22-12/h1-4,6,12H,5,7-8H2,(H,18,19)(H,16,20,21). The number of rotatable bonds is 5. The summed E-state index contributed by atoms with van der Waals surface area (Å²) in [5.41, 5.74) is 1.92. The number of hydrogen-bond acceptors (Lipinski definition) is 4. The van der Waals surface area contributed by atoms with Crippen molar-refractivity contribution in [3.8, 4) is 0 Å². The normalized spacial score (nSPS) is 17.9. The van der Waals surface area contributed by atoms with E-state index < -0.39 is 11.2 Å². The van der Waals surface area contributed by atoms with Gasteiger partial charge in [-0.15, -0.1) is 0 Å². The van der Waals surface area contributed by atoms with Gasteiger partial charge in [-0.2, -0.15) is 0 Å². The van der Waals surface area contributed by atoms with Crippen molar-refractivity contribution in [2.75, 3.05) is 0 Å². The average molecular weight is 318 g/mol. The molecule has 22 heavy (non-hydrogen) atoms. The summed E-state index contributed by atoms with van der Waals surface area (Å²) in [7, 11) is 0. The Morgan fingerprint density at radius 3 is 2.82 bits per heavy atom. The van der Waals surface area contributed by atoms with Crippen LogP contribution in [0.25, 0.3) is 10.9 Å². The zero-order valence-electron chi connectivity index (χ0n) is 11.6. The van der Waals surface area contributed by atoms with Gasteiger partial charge in [-0.05, 0) is 24.1 Å². The van der Waals surface area contributed by atoms with E-state index in [-0.39, 0.29) is 17.6 Å². The molecule has 1 aliphatic heterocycles. The van der Waals surface area contributed by atoms with E-state index in [9.17, 15) is 14.4 Å². The molecule has 2 N–H and O–H groups in total. The monoisotopic (exact) mass is 318 g/mol. The number of benzene rings is 1. The van der Waals surface area contributed by atoms with Gasteiger partial charge in [0, 0.05) is 23.6 Å². The van der Waals surface area contributed by atoms with Crippen molar-refractivity contribution >= 4 is 39.8 Å². The van der Waals surface area contributed by atoms with Crippen LogP contribution in [-0.4, -0.2) is 32.0 Å². The van der Waals surface area contributed by atoms with Gasteiger partial charge in [-0.25, -0.2) is 0 Å². The van der Waals surface area contributed by atoms with Crippen LogP contribution >= 0.6 is 11.8 Å². The van der Waals surface area contributed by atoms with Crippen LogP contribution in [-0.2, 0) is 22.6 Å². The number of nitrogens with one attached hydrogen (secondary N) is 1. The van der Waals surface area contributed by atoms with Crippen LogP contribution < -0.4 is 5.32 Å². The molecule has 114 valence electrons. The number of imide groups is 1. The molecule has 1 fully saturated rings. The number of nitrogens with zero attached hydrogens (tertiary/aromatic N) is 1. The molecule has 1 aromatic carbocycles. The lowest BCUT2D eigenvalue weighted by Crippen LogP contribution is -2.25. The Hall–Kier alpha value is -2.28. The lowest BCUT2D eigenvalue weighted by atomic mass is 10.0. The quantitative estimate of drug-likeness (QED) is 0.880. The second-order valence-electron chi connectivity index (χ2n) is 5.09. The van der Waals surface area contributed by atoms with Gasteiger partial charge in [0.15, 0.2) is 0 Å². The van der Waals surface area contributed by atoms with E-state index in [4.69, 9.17) is 5.11 Å². The van der Waals surface area contributed by atoms with Gasteiger partial charge in [-0.1, -0.05) is 23.9 Å². The first-order valence-corrected chi connectivity index (χ1v) is 7.72. The average Bonchev–Trinajstić information content (AvgIpc) is 3.01. The fourth-order valence-corrected chi connectivity index (χ4v) is 3.45. The maximum Gasteiger partial charge on any atom is 0.305 e. The van der Waals surface area contributed by atoms with Gasteiger partial charge in [0.25, 0.3) is 5.24 Å². The highest BCUT2D eigenvalue weighted by Crippen LogP contribution is 2.27. The van der Waals surface area contributed by atoms with Gasteiger partial charge in [-0.3, -0.25) is 19.7 Å². The third-order valence-electron chi connectivity index (χ3n) is 3.64. The Bertz CT molecular complexity index is 768. The highest BCUT2D eigenvalue weighted by Gasteiger charge is 2.31. The highest BCUT2D eigenvalue weighted by atomic mass is 32.2. The summed E-state index contributed by atoms with van der Waals surface area (Å²) in [4.78, 5) is 33.6. The molecular weight excluding hydrogens is 304 g/mol. The number of thioether (sulfide) groups is 1. The lowest BCUT2D eigenvalue weighted by molar-refractivity contribution is -0.137. The Morgan fingerprint density at radius 1 is 1.32 bits per heavy atom. The minimum Gasteiger partial charge on any atom is -0.481 e. The molecule has 1 atom stereocenters. The number of carbonyl (C=O) groups is 3. The number of carboxylic acids is 1. The summed E-state index contributed by atoms with van der Waals surface area (Å²) >= 11 is 1.01.